The highest BCUT2D eigenvalue weighted by Gasteiger charge is 2.33. The SMILES string of the molecule is CNC(=O)[C@H](CC(C)C)N[C@H]1CN(C(C)C)C[C@@H]1C. The molecule has 4 nitrogen and oxygen atoms in total. The van der Waals surface area contributed by atoms with Crippen molar-refractivity contribution in [3.8, 4) is 0 Å². The molecule has 0 bridgehead atoms. The van der Waals surface area contributed by atoms with Gasteiger partial charge in [0, 0.05) is 32.2 Å². The van der Waals surface area contributed by atoms with Gasteiger partial charge in [0.15, 0.2) is 0 Å². The van der Waals surface area contributed by atoms with E-state index in [1.54, 1.807) is 7.05 Å². The Labute approximate surface area is 118 Å². The first kappa shape index (κ1) is 16.4. The van der Waals surface area contributed by atoms with Gasteiger partial charge in [-0.1, -0.05) is 20.8 Å². The molecule has 19 heavy (non-hydrogen) atoms. The van der Waals surface area contributed by atoms with Crippen LogP contribution in [0.25, 0.3) is 0 Å². The minimum absolute atomic E-state index is 0.0652. The Morgan fingerprint density at radius 1 is 1.26 bits per heavy atom. The van der Waals surface area contributed by atoms with Crippen molar-refractivity contribution in [3.63, 3.8) is 0 Å². The standard InChI is InChI=1S/C15H31N3O/c1-10(2)7-13(15(19)16-6)17-14-9-18(11(3)4)8-12(14)5/h10-14,17H,7-9H2,1-6H3,(H,16,19)/t12-,13-,14-/m0/s1. The minimum Gasteiger partial charge on any atom is -0.358 e. The van der Waals surface area contributed by atoms with Crippen molar-refractivity contribution in [2.45, 2.75) is 59.2 Å². The first-order chi connectivity index (χ1) is 8.85. The summed E-state index contributed by atoms with van der Waals surface area (Å²) in [6, 6.07) is 0.936. The van der Waals surface area contributed by atoms with E-state index in [-0.39, 0.29) is 11.9 Å². The van der Waals surface area contributed by atoms with E-state index in [9.17, 15) is 4.79 Å². The maximum Gasteiger partial charge on any atom is 0.236 e. The molecule has 1 fully saturated rings. The molecule has 0 aliphatic carbocycles. The Balaban J connectivity index is 2.61. The number of amides is 1. The van der Waals surface area contributed by atoms with Gasteiger partial charge in [-0.3, -0.25) is 9.69 Å². The van der Waals surface area contributed by atoms with Gasteiger partial charge in [0.25, 0.3) is 0 Å². The third kappa shape index (κ3) is 4.77. The van der Waals surface area contributed by atoms with Crippen LogP contribution in [0.3, 0.4) is 0 Å². The molecule has 1 saturated heterocycles. The number of carbonyl (C=O) groups is 1. The van der Waals surface area contributed by atoms with Gasteiger partial charge in [0.1, 0.15) is 0 Å². The number of nitrogens with zero attached hydrogens (tertiary/aromatic N) is 1. The summed E-state index contributed by atoms with van der Waals surface area (Å²) in [6.45, 7) is 13.2. The first-order valence-electron chi connectivity index (χ1n) is 7.56. The van der Waals surface area contributed by atoms with Gasteiger partial charge in [0.2, 0.25) is 5.91 Å². The van der Waals surface area contributed by atoms with Crippen LogP contribution in [0.5, 0.6) is 0 Å². The number of hydrogen-bond acceptors (Lipinski definition) is 3. The van der Waals surface area contributed by atoms with E-state index >= 15 is 0 Å². The molecule has 3 atom stereocenters. The lowest BCUT2D eigenvalue weighted by atomic mass is 9.99. The quantitative estimate of drug-likeness (QED) is 0.767. The minimum atomic E-state index is -0.0652. The molecule has 0 aromatic carbocycles. The second kappa shape index (κ2) is 7.25. The molecule has 112 valence electrons. The van der Waals surface area contributed by atoms with E-state index in [0.29, 0.717) is 23.9 Å². The van der Waals surface area contributed by atoms with Crippen molar-refractivity contribution in [1.29, 1.82) is 0 Å². The molecular formula is C15H31N3O. The molecule has 4 heteroatoms. The largest absolute Gasteiger partial charge is 0.358 e. The normalized spacial score (nSPS) is 26.1. The Morgan fingerprint density at radius 3 is 2.32 bits per heavy atom. The van der Waals surface area contributed by atoms with E-state index in [0.717, 1.165) is 19.5 Å². The zero-order chi connectivity index (χ0) is 14.6. The summed E-state index contributed by atoms with van der Waals surface area (Å²) < 4.78 is 0. The maximum atomic E-state index is 12.0. The third-order valence-electron chi connectivity index (χ3n) is 4.06. The van der Waals surface area contributed by atoms with Gasteiger partial charge in [0.05, 0.1) is 6.04 Å². The number of hydrogen-bond donors (Lipinski definition) is 2. The van der Waals surface area contributed by atoms with Gasteiger partial charge >= 0.3 is 0 Å². The second-order valence-corrected chi connectivity index (χ2v) is 6.59. The summed E-state index contributed by atoms with van der Waals surface area (Å²) in [4.78, 5) is 14.5. The topological polar surface area (TPSA) is 44.4 Å². The molecule has 0 spiro atoms. The summed E-state index contributed by atoms with van der Waals surface area (Å²) in [6.07, 6.45) is 0.893. The van der Waals surface area contributed by atoms with Gasteiger partial charge < -0.3 is 10.6 Å². The van der Waals surface area contributed by atoms with Crippen LogP contribution in [0, 0.1) is 11.8 Å². The Morgan fingerprint density at radius 2 is 1.89 bits per heavy atom. The van der Waals surface area contributed by atoms with Crippen LogP contribution in [-0.4, -0.2) is 49.1 Å². The van der Waals surface area contributed by atoms with Crippen LogP contribution in [0.2, 0.25) is 0 Å². The fraction of sp³-hybridized carbons (Fsp3) is 0.933. The van der Waals surface area contributed by atoms with Crippen molar-refractivity contribution < 1.29 is 4.79 Å². The van der Waals surface area contributed by atoms with Crippen molar-refractivity contribution in [2.24, 2.45) is 11.8 Å². The van der Waals surface area contributed by atoms with Crippen molar-refractivity contribution in [1.82, 2.24) is 15.5 Å². The smallest absolute Gasteiger partial charge is 0.236 e. The van der Waals surface area contributed by atoms with Gasteiger partial charge in [-0.2, -0.15) is 0 Å². The summed E-state index contributed by atoms with van der Waals surface area (Å²) in [5.41, 5.74) is 0. The predicted octanol–water partition coefficient (Wildman–Crippen LogP) is 1.47. The van der Waals surface area contributed by atoms with Crippen LogP contribution >= 0.6 is 0 Å². The predicted molar refractivity (Wildman–Crippen MR) is 80.1 cm³/mol. The van der Waals surface area contributed by atoms with Crippen molar-refractivity contribution in [3.05, 3.63) is 0 Å². The molecule has 0 aromatic rings. The molecule has 1 aliphatic heterocycles. The maximum absolute atomic E-state index is 12.0. The van der Waals surface area contributed by atoms with Crippen LogP contribution < -0.4 is 10.6 Å². The van der Waals surface area contributed by atoms with E-state index in [2.05, 4.69) is 50.2 Å². The molecule has 1 heterocycles. The fourth-order valence-electron chi connectivity index (χ4n) is 2.80. The summed E-state index contributed by atoms with van der Waals surface area (Å²) in [7, 11) is 1.72. The first-order valence-corrected chi connectivity index (χ1v) is 7.56. The number of likely N-dealkylation sites (tertiary alicyclic amines) is 1. The molecule has 0 saturated carbocycles. The number of carbonyl (C=O) groups excluding carboxylic acids is 1. The monoisotopic (exact) mass is 269 g/mol. The van der Waals surface area contributed by atoms with Crippen molar-refractivity contribution in [2.75, 3.05) is 20.1 Å². The second-order valence-electron chi connectivity index (χ2n) is 6.59. The zero-order valence-corrected chi connectivity index (χ0v) is 13.4. The Bertz CT molecular complexity index is 291. The third-order valence-corrected chi connectivity index (χ3v) is 4.06. The van der Waals surface area contributed by atoms with Crippen LogP contribution in [0.4, 0.5) is 0 Å². The number of likely N-dealkylation sites (N-methyl/N-ethyl adjacent to an activating group) is 1. The molecule has 1 amide bonds. The number of rotatable bonds is 6. The lowest BCUT2D eigenvalue weighted by Gasteiger charge is -2.26. The van der Waals surface area contributed by atoms with Crippen LogP contribution in [0.1, 0.15) is 41.0 Å². The lowest BCUT2D eigenvalue weighted by Crippen LogP contribution is -2.50. The Kier molecular flexibility index (Phi) is 6.27. The fourth-order valence-corrected chi connectivity index (χ4v) is 2.80. The molecule has 0 unspecified atom stereocenters. The highest BCUT2D eigenvalue weighted by Crippen LogP contribution is 2.20. The Hall–Kier alpha value is -0.610. The van der Waals surface area contributed by atoms with Gasteiger partial charge in [-0.05, 0) is 32.1 Å². The summed E-state index contributed by atoms with van der Waals surface area (Å²) in [5.74, 6) is 1.23. The van der Waals surface area contributed by atoms with Crippen molar-refractivity contribution >= 4 is 5.91 Å². The molecule has 0 radical (unpaired) electrons. The van der Waals surface area contributed by atoms with Gasteiger partial charge in [-0.15, -0.1) is 0 Å². The van der Waals surface area contributed by atoms with Gasteiger partial charge in [-0.25, -0.2) is 0 Å². The zero-order valence-electron chi connectivity index (χ0n) is 13.4. The number of nitrogens with one attached hydrogen (secondary N) is 2. The van der Waals surface area contributed by atoms with E-state index in [1.807, 2.05) is 0 Å². The van der Waals surface area contributed by atoms with Crippen LogP contribution in [0.15, 0.2) is 0 Å². The average Bonchev–Trinajstić information content (AvgIpc) is 2.69. The van der Waals surface area contributed by atoms with Crippen LogP contribution in [-0.2, 0) is 4.79 Å². The van der Waals surface area contributed by atoms with E-state index in [1.165, 1.54) is 0 Å². The highest BCUT2D eigenvalue weighted by atomic mass is 16.2. The molecule has 1 rings (SSSR count). The van der Waals surface area contributed by atoms with E-state index in [4.69, 9.17) is 0 Å². The summed E-state index contributed by atoms with van der Waals surface area (Å²) >= 11 is 0. The van der Waals surface area contributed by atoms with E-state index < -0.39 is 0 Å². The molecular weight excluding hydrogens is 238 g/mol. The average molecular weight is 269 g/mol. The molecule has 1 aliphatic rings. The lowest BCUT2D eigenvalue weighted by molar-refractivity contribution is -0.123. The highest BCUT2D eigenvalue weighted by molar-refractivity contribution is 5.81. The molecule has 0 aromatic heterocycles. The molecule has 2 N–H and O–H groups in total. The summed E-state index contributed by atoms with van der Waals surface area (Å²) in [5, 5.41) is 6.36.